The van der Waals surface area contributed by atoms with E-state index in [1.165, 1.54) is 25.7 Å². The lowest BCUT2D eigenvalue weighted by Crippen LogP contribution is -2.63. The highest BCUT2D eigenvalue weighted by molar-refractivity contribution is 5.17. The number of rotatable bonds is 0. The van der Waals surface area contributed by atoms with Crippen molar-refractivity contribution in [1.29, 1.82) is 0 Å². The van der Waals surface area contributed by atoms with Gasteiger partial charge in [0.2, 0.25) is 0 Å². The molecule has 4 rings (SSSR count). The van der Waals surface area contributed by atoms with E-state index in [0.29, 0.717) is 10.8 Å². The molecule has 0 aliphatic heterocycles. The van der Waals surface area contributed by atoms with Crippen molar-refractivity contribution in [3.8, 4) is 0 Å². The van der Waals surface area contributed by atoms with Crippen LogP contribution in [0.1, 0.15) is 59.8 Å². The van der Waals surface area contributed by atoms with Crippen LogP contribution in [0, 0.1) is 28.1 Å². The third kappa shape index (κ3) is 0.939. The summed E-state index contributed by atoms with van der Waals surface area (Å²) in [6.07, 6.45) is 6.41. The summed E-state index contributed by atoms with van der Waals surface area (Å²) in [6.45, 7) is 9.61. The Morgan fingerprint density at radius 2 is 1.75 bits per heavy atom. The Morgan fingerprint density at radius 3 is 2.38 bits per heavy atom. The van der Waals surface area contributed by atoms with Gasteiger partial charge in [-0.25, -0.2) is 0 Å². The molecule has 4 saturated carbocycles. The molecule has 0 amide bonds. The fourth-order valence-corrected chi connectivity index (χ4v) is 5.67. The third-order valence-corrected chi connectivity index (χ3v) is 7.33. The van der Waals surface area contributed by atoms with Crippen molar-refractivity contribution >= 4 is 0 Å². The fraction of sp³-hybridized carbons (Fsp3) is 1.00. The molecule has 4 aliphatic carbocycles. The highest BCUT2D eigenvalue weighted by Crippen LogP contribution is 2.73. The van der Waals surface area contributed by atoms with E-state index in [0.717, 1.165) is 18.3 Å². The Kier molecular flexibility index (Phi) is 1.98. The lowest BCUT2D eigenvalue weighted by atomic mass is 9.38. The molecular formula is C15H26O. The van der Waals surface area contributed by atoms with Crippen molar-refractivity contribution < 1.29 is 5.11 Å². The van der Waals surface area contributed by atoms with Crippen LogP contribution in [0.3, 0.4) is 0 Å². The largest absolute Gasteiger partial charge is 0.393 e. The van der Waals surface area contributed by atoms with Gasteiger partial charge >= 0.3 is 0 Å². The molecule has 1 heteroatoms. The van der Waals surface area contributed by atoms with Gasteiger partial charge in [-0.3, -0.25) is 0 Å². The molecule has 1 N–H and O–H groups in total. The molecule has 0 aromatic carbocycles. The standard InChI is InChI=1S/C15H26O/c1-10-5-6-11-13(2,3)14(4)7-8-15(10,11)9-12(14)16/h10-12,16H,5-9H2,1-4H3. The lowest BCUT2D eigenvalue weighted by molar-refractivity contribution is -0.223. The van der Waals surface area contributed by atoms with Crippen molar-refractivity contribution in [3.63, 3.8) is 0 Å². The minimum Gasteiger partial charge on any atom is -0.393 e. The zero-order valence-corrected chi connectivity index (χ0v) is 11.2. The van der Waals surface area contributed by atoms with Crippen LogP contribution < -0.4 is 0 Å². The first-order valence-corrected chi connectivity index (χ1v) is 7.03. The number of fused-ring (bicyclic) bond motifs is 2. The van der Waals surface area contributed by atoms with Crippen LogP contribution in [0.2, 0.25) is 0 Å². The van der Waals surface area contributed by atoms with Gasteiger partial charge in [-0.2, -0.15) is 0 Å². The first-order valence-electron chi connectivity index (χ1n) is 7.03. The van der Waals surface area contributed by atoms with E-state index in [1.807, 2.05) is 0 Å². The average Bonchev–Trinajstić information content (AvgIpc) is 2.51. The highest BCUT2D eigenvalue weighted by Gasteiger charge is 2.68. The van der Waals surface area contributed by atoms with Gasteiger partial charge in [0.15, 0.2) is 0 Å². The summed E-state index contributed by atoms with van der Waals surface area (Å²) >= 11 is 0. The summed E-state index contributed by atoms with van der Waals surface area (Å²) in [5.41, 5.74) is 0.984. The molecule has 0 heterocycles. The maximum absolute atomic E-state index is 10.6. The van der Waals surface area contributed by atoms with Crippen LogP contribution in [0.5, 0.6) is 0 Å². The first-order chi connectivity index (χ1) is 7.34. The number of aliphatic hydroxyl groups excluding tert-OH is 1. The summed E-state index contributed by atoms with van der Waals surface area (Å²) < 4.78 is 0. The van der Waals surface area contributed by atoms with Gasteiger partial charge in [0.05, 0.1) is 6.10 Å². The van der Waals surface area contributed by atoms with Crippen molar-refractivity contribution in [2.45, 2.75) is 65.9 Å². The van der Waals surface area contributed by atoms with Crippen LogP contribution in [0.15, 0.2) is 0 Å². The van der Waals surface area contributed by atoms with Crippen LogP contribution >= 0.6 is 0 Å². The summed E-state index contributed by atoms with van der Waals surface area (Å²) in [4.78, 5) is 0. The van der Waals surface area contributed by atoms with E-state index in [9.17, 15) is 5.11 Å². The van der Waals surface area contributed by atoms with Gasteiger partial charge < -0.3 is 5.11 Å². The van der Waals surface area contributed by atoms with Gasteiger partial charge in [0.1, 0.15) is 0 Å². The Balaban J connectivity index is 2.12. The molecule has 1 nitrogen and oxygen atoms in total. The Labute approximate surface area is 99.6 Å². The molecule has 0 aromatic heterocycles. The minimum absolute atomic E-state index is 0.0620. The van der Waals surface area contributed by atoms with Gasteiger partial charge in [-0.1, -0.05) is 27.7 Å². The molecular weight excluding hydrogens is 196 g/mol. The minimum atomic E-state index is -0.0620. The van der Waals surface area contributed by atoms with E-state index in [1.54, 1.807) is 0 Å². The van der Waals surface area contributed by atoms with Gasteiger partial charge in [-0.05, 0) is 60.2 Å². The molecule has 92 valence electrons. The van der Waals surface area contributed by atoms with Crippen molar-refractivity contribution in [3.05, 3.63) is 0 Å². The van der Waals surface area contributed by atoms with Gasteiger partial charge in [0.25, 0.3) is 0 Å². The number of aliphatic hydroxyl groups is 1. The van der Waals surface area contributed by atoms with E-state index >= 15 is 0 Å². The molecule has 2 bridgehead atoms. The molecule has 0 aromatic rings. The predicted octanol–water partition coefficient (Wildman–Crippen LogP) is 3.61. The second kappa shape index (κ2) is 2.85. The van der Waals surface area contributed by atoms with Crippen molar-refractivity contribution in [2.75, 3.05) is 0 Å². The molecule has 5 unspecified atom stereocenters. The molecule has 1 spiro atoms. The molecule has 0 saturated heterocycles. The second-order valence-electron chi connectivity index (χ2n) is 7.62. The van der Waals surface area contributed by atoms with Crippen LogP contribution in [-0.4, -0.2) is 11.2 Å². The molecule has 4 aliphatic rings. The van der Waals surface area contributed by atoms with Crippen LogP contribution in [0.25, 0.3) is 0 Å². The Hall–Kier alpha value is -0.0400. The number of hydrogen-bond acceptors (Lipinski definition) is 1. The van der Waals surface area contributed by atoms with Crippen LogP contribution in [0.4, 0.5) is 0 Å². The maximum atomic E-state index is 10.6. The normalized spacial score (nSPS) is 58.7. The molecule has 5 atom stereocenters. The Morgan fingerprint density at radius 1 is 1.06 bits per heavy atom. The summed E-state index contributed by atoms with van der Waals surface area (Å²) in [7, 11) is 0. The first kappa shape index (κ1) is 11.1. The van der Waals surface area contributed by atoms with Crippen molar-refractivity contribution in [2.24, 2.45) is 28.1 Å². The van der Waals surface area contributed by atoms with E-state index in [2.05, 4.69) is 27.7 Å². The van der Waals surface area contributed by atoms with Gasteiger partial charge in [-0.15, -0.1) is 0 Å². The highest BCUT2D eigenvalue weighted by atomic mass is 16.3. The summed E-state index contributed by atoms with van der Waals surface area (Å²) in [5, 5.41) is 10.6. The smallest absolute Gasteiger partial charge is 0.0604 e. The molecule has 0 radical (unpaired) electrons. The van der Waals surface area contributed by atoms with E-state index in [4.69, 9.17) is 0 Å². The van der Waals surface area contributed by atoms with E-state index in [-0.39, 0.29) is 11.5 Å². The molecule has 4 fully saturated rings. The number of hydrogen-bond donors (Lipinski definition) is 1. The average molecular weight is 222 g/mol. The van der Waals surface area contributed by atoms with Gasteiger partial charge in [0, 0.05) is 0 Å². The zero-order chi connectivity index (χ0) is 11.8. The third-order valence-electron chi connectivity index (χ3n) is 7.33. The summed E-state index contributed by atoms with van der Waals surface area (Å²) in [5.74, 6) is 1.69. The van der Waals surface area contributed by atoms with Crippen molar-refractivity contribution in [1.82, 2.24) is 0 Å². The monoisotopic (exact) mass is 222 g/mol. The topological polar surface area (TPSA) is 20.2 Å². The predicted molar refractivity (Wildman–Crippen MR) is 66.1 cm³/mol. The van der Waals surface area contributed by atoms with Crippen LogP contribution in [-0.2, 0) is 0 Å². The Bertz CT molecular complexity index is 321. The molecule has 16 heavy (non-hydrogen) atoms. The lowest BCUT2D eigenvalue weighted by Gasteiger charge is -2.67. The van der Waals surface area contributed by atoms with E-state index < -0.39 is 0 Å². The quantitative estimate of drug-likeness (QED) is 0.664. The SMILES string of the molecule is CC1CCC2C13CCC(C)(C(O)C3)C2(C)C. The maximum Gasteiger partial charge on any atom is 0.0604 e. The summed E-state index contributed by atoms with van der Waals surface area (Å²) in [6, 6.07) is 0. The zero-order valence-electron chi connectivity index (χ0n) is 11.2. The fourth-order valence-electron chi connectivity index (χ4n) is 5.67. The second-order valence-corrected chi connectivity index (χ2v) is 7.62.